The van der Waals surface area contributed by atoms with E-state index in [2.05, 4.69) is 4.99 Å². The van der Waals surface area contributed by atoms with Gasteiger partial charge in [0.1, 0.15) is 11.9 Å². The molecular weight excluding hydrogens is 326 g/mol. The first-order valence-corrected chi connectivity index (χ1v) is 8.05. The molecule has 2 aliphatic heterocycles. The number of rotatable bonds is 2. The minimum Gasteiger partial charge on any atom is -0.490 e. The minimum atomic E-state index is -0.477. The van der Waals surface area contributed by atoms with Crippen LogP contribution in [0.4, 0.5) is 0 Å². The smallest absolute Gasteiger partial charge is 0.363 e. The lowest BCUT2D eigenvalue weighted by molar-refractivity contribution is -0.129. The van der Waals surface area contributed by atoms with Crippen molar-refractivity contribution < 1.29 is 14.3 Å². The summed E-state index contributed by atoms with van der Waals surface area (Å²) < 4.78 is 10.9. The van der Waals surface area contributed by atoms with E-state index in [0.29, 0.717) is 10.6 Å². The number of halogens is 1. The Morgan fingerprint density at radius 1 is 1.25 bits per heavy atom. The first-order valence-electron chi connectivity index (χ1n) is 7.67. The number of hydrogen-bond acceptors (Lipinski definition) is 4. The van der Waals surface area contributed by atoms with Gasteiger partial charge < -0.3 is 9.47 Å². The van der Waals surface area contributed by atoms with Gasteiger partial charge >= 0.3 is 5.97 Å². The van der Waals surface area contributed by atoms with Crippen molar-refractivity contribution in [3.8, 4) is 5.75 Å². The van der Waals surface area contributed by atoms with Crippen LogP contribution in [0.15, 0.2) is 53.2 Å². The van der Waals surface area contributed by atoms with E-state index < -0.39 is 5.97 Å². The molecule has 0 amide bonds. The Morgan fingerprint density at radius 2 is 2.08 bits per heavy atom. The number of cyclic esters (lactones) is 1. The molecule has 0 saturated heterocycles. The molecule has 2 aliphatic rings. The highest BCUT2D eigenvalue weighted by Crippen LogP contribution is 2.30. The molecule has 0 radical (unpaired) electrons. The van der Waals surface area contributed by atoms with Crippen molar-refractivity contribution >= 4 is 29.5 Å². The van der Waals surface area contributed by atoms with Crippen molar-refractivity contribution in [3.63, 3.8) is 0 Å². The minimum absolute atomic E-state index is 0.184. The maximum atomic E-state index is 12.1. The van der Waals surface area contributed by atoms with E-state index in [9.17, 15) is 4.79 Å². The van der Waals surface area contributed by atoms with Crippen LogP contribution in [0.5, 0.6) is 5.75 Å². The molecule has 1 unspecified atom stereocenters. The topological polar surface area (TPSA) is 47.9 Å². The predicted octanol–water partition coefficient (Wildman–Crippen LogP) is 4.01. The summed E-state index contributed by atoms with van der Waals surface area (Å²) in [7, 11) is 0. The highest BCUT2D eigenvalue weighted by Gasteiger charge is 2.26. The number of carbonyl (C=O) groups excluding carboxylic acids is 1. The lowest BCUT2D eigenvalue weighted by Gasteiger charge is -2.02. The highest BCUT2D eigenvalue weighted by atomic mass is 35.5. The van der Waals surface area contributed by atoms with Crippen molar-refractivity contribution in [2.24, 2.45) is 4.99 Å². The second-order valence-electron chi connectivity index (χ2n) is 5.82. The molecular formula is C19H14ClNO3. The molecule has 24 heavy (non-hydrogen) atoms. The van der Waals surface area contributed by atoms with Crippen molar-refractivity contribution in [2.75, 3.05) is 0 Å². The van der Waals surface area contributed by atoms with Gasteiger partial charge in [-0.1, -0.05) is 29.8 Å². The van der Waals surface area contributed by atoms with Gasteiger partial charge in [0.25, 0.3) is 0 Å². The average molecular weight is 340 g/mol. The van der Waals surface area contributed by atoms with E-state index >= 15 is 0 Å². The summed E-state index contributed by atoms with van der Waals surface area (Å²) in [6.07, 6.45) is 2.77. The molecule has 0 aliphatic carbocycles. The molecule has 0 fully saturated rings. The number of benzene rings is 2. The lowest BCUT2D eigenvalue weighted by Crippen LogP contribution is -2.05. The number of aliphatic imine (C=N–C) groups is 1. The molecule has 0 saturated carbocycles. The molecule has 4 nitrogen and oxygen atoms in total. The van der Waals surface area contributed by atoms with Crippen LogP contribution in [0.2, 0.25) is 5.02 Å². The number of carbonyl (C=O) groups is 1. The Bertz CT molecular complexity index is 901. The zero-order valence-corrected chi connectivity index (χ0v) is 13.7. The van der Waals surface area contributed by atoms with Crippen LogP contribution >= 0.6 is 11.6 Å². The monoisotopic (exact) mass is 339 g/mol. The zero-order valence-electron chi connectivity index (χ0n) is 13.0. The summed E-state index contributed by atoms with van der Waals surface area (Å²) >= 11 is 6.13. The SMILES string of the molecule is CC1Cc2cc(/C=C3\N=C(c4ccccc4Cl)OC3=O)ccc2O1. The van der Waals surface area contributed by atoms with Gasteiger partial charge in [0.05, 0.1) is 10.6 Å². The van der Waals surface area contributed by atoms with Gasteiger partial charge in [-0.3, -0.25) is 0 Å². The highest BCUT2D eigenvalue weighted by molar-refractivity contribution is 6.34. The normalized spacial score (nSPS) is 20.6. The van der Waals surface area contributed by atoms with Gasteiger partial charge in [-0.25, -0.2) is 9.79 Å². The van der Waals surface area contributed by atoms with Gasteiger partial charge in [0, 0.05) is 6.42 Å². The Balaban J connectivity index is 1.67. The third kappa shape index (κ3) is 2.69. The van der Waals surface area contributed by atoms with Crippen LogP contribution < -0.4 is 4.74 Å². The third-order valence-electron chi connectivity index (χ3n) is 3.95. The average Bonchev–Trinajstić information content (AvgIpc) is 3.09. The Hall–Kier alpha value is -2.59. The van der Waals surface area contributed by atoms with Crippen molar-refractivity contribution in [3.05, 3.63) is 69.9 Å². The summed E-state index contributed by atoms with van der Waals surface area (Å²) in [4.78, 5) is 16.4. The Kier molecular flexibility index (Phi) is 3.62. The summed E-state index contributed by atoms with van der Waals surface area (Å²) in [6.45, 7) is 2.03. The largest absolute Gasteiger partial charge is 0.490 e. The molecule has 1 atom stereocenters. The number of hydrogen-bond donors (Lipinski definition) is 0. The van der Waals surface area contributed by atoms with E-state index in [1.807, 2.05) is 37.3 Å². The molecule has 5 heteroatoms. The Labute approximate surface area is 144 Å². The van der Waals surface area contributed by atoms with Gasteiger partial charge in [-0.2, -0.15) is 0 Å². The fourth-order valence-corrected chi connectivity index (χ4v) is 3.07. The van der Waals surface area contributed by atoms with Crippen LogP contribution in [0.1, 0.15) is 23.6 Å². The maximum absolute atomic E-state index is 12.1. The van der Waals surface area contributed by atoms with Gasteiger partial charge in [0.15, 0.2) is 5.70 Å². The van der Waals surface area contributed by atoms with Gasteiger partial charge in [0.2, 0.25) is 5.90 Å². The quantitative estimate of drug-likeness (QED) is 0.613. The van der Waals surface area contributed by atoms with E-state index in [4.69, 9.17) is 21.1 Å². The van der Waals surface area contributed by atoms with Crippen molar-refractivity contribution in [1.82, 2.24) is 0 Å². The number of nitrogens with zero attached hydrogens (tertiary/aromatic N) is 1. The standard InChI is InChI=1S/C19H14ClNO3/c1-11-8-13-9-12(6-7-17(13)23-11)10-16-19(22)24-18(21-16)14-4-2-3-5-15(14)20/h2-7,9-11H,8H2,1H3/b16-10-. The first kappa shape index (κ1) is 15.0. The number of ether oxygens (including phenoxy) is 2. The van der Waals surface area contributed by atoms with Crippen molar-refractivity contribution in [2.45, 2.75) is 19.4 Å². The molecule has 0 spiro atoms. The maximum Gasteiger partial charge on any atom is 0.363 e. The van der Waals surface area contributed by atoms with Crippen LogP contribution in [0, 0.1) is 0 Å². The molecule has 0 bridgehead atoms. The molecule has 4 rings (SSSR count). The summed E-state index contributed by atoms with van der Waals surface area (Å²) in [5, 5.41) is 0.494. The number of fused-ring (bicyclic) bond motifs is 1. The zero-order chi connectivity index (χ0) is 16.7. The lowest BCUT2D eigenvalue weighted by atomic mass is 10.1. The van der Waals surface area contributed by atoms with E-state index in [-0.39, 0.29) is 17.7 Å². The van der Waals surface area contributed by atoms with Crippen LogP contribution in [0.25, 0.3) is 6.08 Å². The van der Waals surface area contributed by atoms with E-state index in [1.165, 1.54) is 0 Å². The van der Waals surface area contributed by atoms with Crippen molar-refractivity contribution in [1.29, 1.82) is 0 Å². The van der Waals surface area contributed by atoms with Crippen LogP contribution in [-0.2, 0) is 16.0 Å². The predicted molar refractivity (Wildman–Crippen MR) is 92.3 cm³/mol. The summed E-state index contributed by atoms with van der Waals surface area (Å²) in [6, 6.07) is 13.0. The number of esters is 1. The Morgan fingerprint density at radius 3 is 2.92 bits per heavy atom. The second kappa shape index (κ2) is 5.80. The summed E-state index contributed by atoms with van der Waals surface area (Å²) in [5.74, 6) is 0.656. The van der Waals surface area contributed by atoms with Crippen LogP contribution in [0.3, 0.4) is 0 Å². The molecule has 2 aromatic carbocycles. The molecule has 2 aromatic rings. The van der Waals surface area contributed by atoms with Gasteiger partial charge in [-0.15, -0.1) is 0 Å². The molecule has 120 valence electrons. The molecule has 0 aromatic heterocycles. The van der Waals surface area contributed by atoms with E-state index in [0.717, 1.165) is 23.3 Å². The second-order valence-corrected chi connectivity index (χ2v) is 6.22. The van der Waals surface area contributed by atoms with Crippen LogP contribution in [-0.4, -0.2) is 18.0 Å². The third-order valence-corrected chi connectivity index (χ3v) is 4.28. The fourth-order valence-electron chi connectivity index (χ4n) is 2.85. The first-order chi connectivity index (χ1) is 11.6. The fraction of sp³-hybridized carbons (Fsp3) is 0.158. The van der Waals surface area contributed by atoms with E-state index in [1.54, 1.807) is 18.2 Å². The molecule has 0 N–H and O–H groups in total. The summed E-state index contributed by atoms with van der Waals surface area (Å²) in [5.41, 5.74) is 2.89. The van der Waals surface area contributed by atoms with Gasteiger partial charge in [-0.05, 0) is 48.4 Å². The molecule has 2 heterocycles.